The smallest absolute Gasteiger partial charge is 0.309 e. The molecule has 0 amide bonds. The van der Waals surface area contributed by atoms with E-state index in [1.165, 1.54) is 6.20 Å². The third-order valence-corrected chi connectivity index (χ3v) is 2.08. The number of anilines is 1. The summed E-state index contributed by atoms with van der Waals surface area (Å²) in [6, 6.07) is 0. The number of alkyl halides is 2. The Labute approximate surface area is 90.1 Å². The minimum Gasteiger partial charge on any atom is -0.481 e. The van der Waals surface area contributed by atoms with Crippen LogP contribution in [0.15, 0.2) is 6.20 Å². The Hall–Kier alpha value is -1.76. The maximum absolute atomic E-state index is 12.7. The van der Waals surface area contributed by atoms with E-state index in [1.54, 1.807) is 0 Å². The predicted octanol–water partition coefficient (Wildman–Crippen LogP) is 0.687. The fourth-order valence-corrected chi connectivity index (χ4v) is 1.31. The molecular weight excluding hydrogens is 220 g/mol. The number of nitrogens with two attached hydrogens (primary N) is 2. The predicted molar refractivity (Wildman–Crippen MR) is 52.8 cm³/mol. The lowest BCUT2D eigenvalue weighted by Crippen LogP contribution is -2.12. The molecule has 0 saturated heterocycles. The third-order valence-electron chi connectivity index (χ3n) is 2.08. The van der Waals surface area contributed by atoms with Crippen LogP contribution in [0.1, 0.15) is 23.2 Å². The van der Waals surface area contributed by atoms with Crippen LogP contribution in [0.5, 0.6) is 0 Å². The summed E-state index contributed by atoms with van der Waals surface area (Å²) in [7, 11) is 0. The number of pyridine rings is 1. The fourth-order valence-electron chi connectivity index (χ4n) is 1.31. The second-order valence-corrected chi connectivity index (χ2v) is 3.13. The summed E-state index contributed by atoms with van der Waals surface area (Å²) < 4.78 is 25.4. The van der Waals surface area contributed by atoms with E-state index in [2.05, 4.69) is 4.98 Å². The Bertz CT molecular complexity index is 410. The number of hydrogen-bond acceptors (Lipinski definition) is 4. The van der Waals surface area contributed by atoms with Gasteiger partial charge in [0, 0.05) is 24.0 Å². The fraction of sp³-hybridized carbons (Fsp3) is 0.333. The number of aliphatic carboxylic acids is 1. The van der Waals surface area contributed by atoms with E-state index in [9.17, 15) is 13.6 Å². The van der Waals surface area contributed by atoms with Crippen LogP contribution in [0.2, 0.25) is 0 Å². The Morgan fingerprint density at radius 2 is 2.19 bits per heavy atom. The molecule has 7 heteroatoms. The van der Waals surface area contributed by atoms with Crippen LogP contribution in [-0.2, 0) is 17.8 Å². The molecule has 1 aromatic heterocycles. The number of carbonyl (C=O) groups is 1. The van der Waals surface area contributed by atoms with E-state index in [0.29, 0.717) is 0 Å². The maximum atomic E-state index is 12.7. The van der Waals surface area contributed by atoms with Gasteiger partial charge < -0.3 is 16.6 Å². The molecule has 0 aliphatic carbocycles. The monoisotopic (exact) mass is 231 g/mol. The van der Waals surface area contributed by atoms with Crippen LogP contribution >= 0.6 is 0 Å². The summed E-state index contributed by atoms with van der Waals surface area (Å²) in [6.45, 7) is -0.0219. The Morgan fingerprint density at radius 1 is 1.56 bits per heavy atom. The van der Waals surface area contributed by atoms with Gasteiger partial charge in [-0.25, -0.2) is 8.78 Å². The normalized spacial score (nSPS) is 10.8. The number of nitrogen functional groups attached to an aromatic ring is 1. The van der Waals surface area contributed by atoms with Crippen molar-refractivity contribution in [2.75, 3.05) is 5.73 Å². The topological polar surface area (TPSA) is 102 Å². The SMILES string of the molecule is NCc1cnc(CC(=O)O)c(C(F)F)c1N. The van der Waals surface area contributed by atoms with Crippen LogP contribution in [0.25, 0.3) is 0 Å². The first kappa shape index (κ1) is 12.3. The lowest BCUT2D eigenvalue weighted by atomic mass is 10.1. The van der Waals surface area contributed by atoms with E-state index in [-0.39, 0.29) is 23.5 Å². The van der Waals surface area contributed by atoms with Crippen molar-refractivity contribution in [1.82, 2.24) is 4.98 Å². The van der Waals surface area contributed by atoms with Gasteiger partial charge in [-0.15, -0.1) is 0 Å². The van der Waals surface area contributed by atoms with Crippen molar-refractivity contribution in [3.63, 3.8) is 0 Å². The number of nitrogens with zero attached hydrogens (tertiary/aromatic N) is 1. The number of halogens is 2. The summed E-state index contributed by atoms with van der Waals surface area (Å²) in [5.41, 5.74) is 10.1. The minimum atomic E-state index is -2.87. The number of carboxylic acid groups (broad SMARTS) is 1. The maximum Gasteiger partial charge on any atom is 0.309 e. The van der Waals surface area contributed by atoms with Crippen molar-refractivity contribution in [2.45, 2.75) is 19.4 Å². The molecule has 0 aromatic carbocycles. The van der Waals surface area contributed by atoms with E-state index >= 15 is 0 Å². The number of rotatable bonds is 4. The Kier molecular flexibility index (Phi) is 3.73. The zero-order valence-electron chi connectivity index (χ0n) is 8.28. The quantitative estimate of drug-likeness (QED) is 0.707. The summed E-state index contributed by atoms with van der Waals surface area (Å²) >= 11 is 0. The molecule has 0 fully saturated rings. The summed E-state index contributed by atoms with van der Waals surface area (Å²) in [6.07, 6.45) is -2.23. The number of aromatic nitrogens is 1. The van der Waals surface area contributed by atoms with Crippen molar-refractivity contribution < 1.29 is 18.7 Å². The molecule has 0 unspecified atom stereocenters. The Balaban J connectivity index is 3.28. The summed E-state index contributed by atoms with van der Waals surface area (Å²) in [4.78, 5) is 14.1. The van der Waals surface area contributed by atoms with Gasteiger partial charge in [-0.2, -0.15) is 0 Å². The van der Waals surface area contributed by atoms with Gasteiger partial charge in [0.05, 0.1) is 17.7 Å². The standard InChI is InChI=1S/C9H11F2N3O2/c10-9(11)7-5(1-6(15)16)14-3-4(2-12)8(7)13/h3,9H,1-2,12H2,(H2,13,14)(H,15,16). The van der Waals surface area contributed by atoms with Crippen LogP contribution in [-0.4, -0.2) is 16.1 Å². The molecule has 88 valence electrons. The second-order valence-electron chi connectivity index (χ2n) is 3.13. The molecule has 0 aliphatic rings. The van der Waals surface area contributed by atoms with Crippen molar-refractivity contribution in [1.29, 1.82) is 0 Å². The van der Waals surface area contributed by atoms with Gasteiger partial charge in [0.2, 0.25) is 0 Å². The number of hydrogen-bond donors (Lipinski definition) is 3. The second kappa shape index (κ2) is 4.84. The van der Waals surface area contributed by atoms with Crippen molar-refractivity contribution >= 4 is 11.7 Å². The summed E-state index contributed by atoms with van der Waals surface area (Å²) in [5.74, 6) is -1.24. The van der Waals surface area contributed by atoms with Gasteiger partial charge in [-0.05, 0) is 0 Å². The molecule has 0 saturated carbocycles. The molecular formula is C9H11F2N3O2. The van der Waals surface area contributed by atoms with E-state index in [4.69, 9.17) is 16.6 Å². The van der Waals surface area contributed by atoms with Crippen LogP contribution in [0, 0.1) is 0 Å². The van der Waals surface area contributed by atoms with E-state index in [1.807, 2.05) is 0 Å². The van der Waals surface area contributed by atoms with Crippen LogP contribution < -0.4 is 11.5 Å². The highest BCUT2D eigenvalue weighted by Gasteiger charge is 2.21. The van der Waals surface area contributed by atoms with Gasteiger partial charge in [0.25, 0.3) is 6.43 Å². The van der Waals surface area contributed by atoms with Gasteiger partial charge >= 0.3 is 5.97 Å². The average molecular weight is 231 g/mol. The van der Waals surface area contributed by atoms with Crippen molar-refractivity contribution in [2.24, 2.45) is 5.73 Å². The zero-order chi connectivity index (χ0) is 12.3. The largest absolute Gasteiger partial charge is 0.481 e. The Morgan fingerprint density at radius 3 is 2.62 bits per heavy atom. The van der Waals surface area contributed by atoms with E-state index in [0.717, 1.165) is 0 Å². The molecule has 0 atom stereocenters. The van der Waals surface area contributed by atoms with E-state index < -0.39 is 24.4 Å². The minimum absolute atomic E-state index is 0.0219. The molecule has 0 radical (unpaired) electrons. The number of carboxylic acids is 1. The average Bonchev–Trinajstić information content (AvgIpc) is 2.16. The molecule has 5 nitrogen and oxygen atoms in total. The summed E-state index contributed by atoms with van der Waals surface area (Å²) in [5, 5.41) is 8.54. The highest BCUT2D eigenvalue weighted by Crippen LogP contribution is 2.30. The highest BCUT2D eigenvalue weighted by atomic mass is 19.3. The van der Waals surface area contributed by atoms with Crippen LogP contribution in [0.3, 0.4) is 0 Å². The van der Waals surface area contributed by atoms with Gasteiger partial charge in [-0.3, -0.25) is 9.78 Å². The van der Waals surface area contributed by atoms with Crippen molar-refractivity contribution in [3.8, 4) is 0 Å². The first-order valence-corrected chi connectivity index (χ1v) is 4.43. The van der Waals surface area contributed by atoms with Gasteiger partial charge in [0.15, 0.2) is 0 Å². The molecule has 16 heavy (non-hydrogen) atoms. The molecule has 0 spiro atoms. The first-order chi connectivity index (χ1) is 7.47. The molecule has 0 aliphatic heterocycles. The molecule has 5 N–H and O–H groups in total. The zero-order valence-corrected chi connectivity index (χ0v) is 8.28. The third kappa shape index (κ3) is 2.43. The molecule has 1 aromatic rings. The van der Waals surface area contributed by atoms with Crippen LogP contribution in [0.4, 0.5) is 14.5 Å². The van der Waals surface area contributed by atoms with Crippen molar-refractivity contribution in [3.05, 3.63) is 23.0 Å². The molecule has 1 rings (SSSR count). The lowest BCUT2D eigenvalue weighted by Gasteiger charge is -2.12. The highest BCUT2D eigenvalue weighted by molar-refractivity contribution is 5.71. The molecule has 1 heterocycles. The van der Waals surface area contributed by atoms with Gasteiger partial charge in [-0.1, -0.05) is 0 Å². The molecule has 0 bridgehead atoms. The van der Waals surface area contributed by atoms with Gasteiger partial charge in [0.1, 0.15) is 0 Å². The first-order valence-electron chi connectivity index (χ1n) is 4.43. The lowest BCUT2D eigenvalue weighted by molar-refractivity contribution is -0.136.